The maximum Gasteiger partial charge on any atom is 0.0959 e. The van der Waals surface area contributed by atoms with Crippen LogP contribution in [0.3, 0.4) is 0 Å². The van der Waals surface area contributed by atoms with Gasteiger partial charge in [-0.3, -0.25) is 0 Å². The molecule has 0 atom stereocenters. The van der Waals surface area contributed by atoms with Crippen LogP contribution in [-0.4, -0.2) is 16.3 Å². The van der Waals surface area contributed by atoms with Crippen molar-refractivity contribution >= 4 is 15.9 Å². The van der Waals surface area contributed by atoms with Gasteiger partial charge in [0.1, 0.15) is 0 Å². The van der Waals surface area contributed by atoms with Gasteiger partial charge in [-0.2, -0.15) is 5.10 Å². The maximum atomic E-state index is 5.67. The molecule has 1 aromatic heterocycles. The molecule has 0 fully saturated rings. The number of halogens is 1. The number of hydrogen-bond donors (Lipinski definition) is 1. The first-order valence-corrected chi connectivity index (χ1v) is 8.17. The van der Waals surface area contributed by atoms with E-state index in [0.717, 1.165) is 34.3 Å². The maximum absolute atomic E-state index is 5.67. The third-order valence-corrected chi connectivity index (χ3v) is 4.11. The third kappa shape index (κ3) is 3.29. The van der Waals surface area contributed by atoms with Gasteiger partial charge in [0.05, 0.1) is 11.4 Å². The quantitative estimate of drug-likeness (QED) is 0.745. The van der Waals surface area contributed by atoms with Crippen molar-refractivity contribution in [2.45, 2.75) is 12.8 Å². The van der Waals surface area contributed by atoms with Gasteiger partial charge in [-0.25, -0.2) is 4.68 Å². The summed E-state index contributed by atoms with van der Waals surface area (Å²) in [6.07, 6.45) is 4.01. The largest absolute Gasteiger partial charge is 0.330 e. The number of para-hydroxylation sites is 1. The van der Waals surface area contributed by atoms with Crippen molar-refractivity contribution in [1.29, 1.82) is 0 Å². The Hall–Kier alpha value is -1.91. The Labute approximate surface area is 138 Å². The number of rotatable bonds is 5. The van der Waals surface area contributed by atoms with Crippen LogP contribution in [-0.2, 0) is 6.42 Å². The van der Waals surface area contributed by atoms with Gasteiger partial charge in [0.2, 0.25) is 0 Å². The molecular formula is C18H18BrN3. The smallest absolute Gasteiger partial charge is 0.0959 e. The lowest BCUT2D eigenvalue weighted by atomic mass is 10.0. The van der Waals surface area contributed by atoms with E-state index >= 15 is 0 Å². The summed E-state index contributed by atoms with van der Waals surface area (Å²) in [6, 6.07) is 18.5. The first kappa shape index (κ1) is 15.0. The molecule has 0 saturated heterocycles. The summed E-state index contributed by atoms with van der Waals surface area (Å²) in [5.41, 5.74) is 10.1. The summed E-state index contributed by atoms with van der Waals surface area (Å²) in [4.78, 5) is 0. The minimum Gasteiger partial charge on any atom is -0.330 e. The zero-order valence-corrected chi connectivity index (χ0v) is 13.8. The minimum absolute atomic E-state index is 0.691. The molecule has 0 radical (unpaired) electrons. The van der Waals surface area contributed by atoms with E-state index in [1.807, 2.05) is 35.0 Å². The van der Waals surface area contributed by atoms with Crippen LogP contribution in [0.15, 0.2) is 65.3 Å². The van der Waals surface area contributed by atoms with Gasteiger partial charge < -0.3 is 5.73 Å². The number of nitrogens with zero attached hydrogens (tertiary/aromatic N) is 2. The summed E-state index contributed by atoms with van der Waals surface area (Å²) >= 11 is 3.48. The SMILES string of the molecule is NCCCc1cn(-c2ccccc2)nc1-c1ccc(Br)cc1. The zero-order chi connectivity index (χ0) is 15.4. The molecule has 3 rings (SSSR count). The lowest BCUT2D eigenvalue weighted by Crippen LogP contribution is -2.00. The first-order valence-electron chi connectivity index (χ1n) is 7.38. The highest BCUT2D eigenvalue weighted by molar-refractivity contribution is 9.10. The molecule has 3 nitrogen and oxygen atoms in total. The standard InChI is InChI=1S/C18H18BrN3/c19-16-10-8-14(9-11-16)18-15(5-4-12-20)13-22(21-18)17-6-2-1-3-7-17/h1-3,6-11,13H,4-5,12,20H2. The molecule has 0 unspecified atom stereocenters. The molecule has 112 valence electrons. The van der Waals surface area contributed by atoms with Crippen molar-refractivity contribution in [1.82, 2.24) is 9.78 Å². The second kappa shape index (κ2) is 6.90. The molecular weight excluding hydrogens is 338 g/mol. The molecule has 0 aliphatic rings. The average molecular weight is 356 g/mol. The number of nitrogens with two attached hydrogens (primary N) is 1. The van der Waals surface area contributed by atoms with Gasteiger partial charge in [-0.15, -0.1) is 0 Å². The van der Waals surface area contributed by atoms with Crippen molar-refractivity contribution in [3.05, 3.63) is 70.8 Å². The zero-order valence-electron chi connectivity index (χ0n) is 12.2. The van der Waals surface area contributed by atoms with Gasteiger partial charge in [0.25, 0.3) is 0 Å². The van der Waals surface area contributed by atoms with Crippen molar-refractivity contribution < 1.29 is 0 Å². The molecule has 0 saturated carbocycles. The summed E-state index contributed by atoms with van der Waals surface area (Å²) < 4.78 is 3.02. The van der Waals surface area contributed by atoms with Crippen molar-refractivity contribution in [3.63, 3.8) is 0 Å². The molecule has 1 heterocycles. The fourth-order valence-corrected chi connectivity index (χ4v) is 2.71. The van der Waals surface area contributed by atoms with Crippen LogP contribution < -0.4 is 5.73 Å². The van der Waals surface area contributed by atoms with Crippen LogP contribution in [0.2, 0.25) is 0 Å². The van der Waals surface area contributed by atoms with Crippen LogP contribution in [0, 0.1) is 0 Å². The van der Waals surface area contributed by atoms with Crippen LogP contribution in [0.5, 0.6) is 0 Å². The topological polar surface area (TPSA) is 43.8 Å². The molecule has 0 spiro atoms. The van der Waals surface area contributed by atoms with Crippen LogP contribution in [0.25, 0.3) is 16.9 Å². The Morgan fingerprint density at radius 3 is 2.41 bits per heavy atom. The van der Waals surface area contributed by atoms with Gasteiger partial charge in [0, 0.05) is 16.2 Å². The minimum atomic E-state index is 0.691. The molecule has 0 aliphatic heterocycles. The summed E-state index contributed by atoms with van der Waals surface area (Å²) in [6.45, 7) is 0.691. The molecule has 4 heteroatoms. The van der Waals surface area contributed by atoms with Gasteiger partial charge in [0.15, 0.2) is 0 Å². The highest BCUT2D eigenvalue weighted by Crippen LogP contribution is 2.26. The Bertz CT molecular complexity index is 733. The van der Waals surface area contributed by atoms with Crippen LogP contribution in [0.1, 0.15) is 12.0 Å². The average Bonchev–Trinajstić information content (AvgIpc) is 2.98. The fourth-order valence-electron chi connectivity index (χ4n) is 2.45. The number of aryl methyl sites for hydroxylation is 1. The molecule has 0 amide bonds. The summed E-state index contributed by atoms with van der Waals surface area (Å²) in [5, 5.41) is 4.79. The number of aromatic nitrogens is 2. The Morgan fingerprint density at radius 2 is 1.73 bits per heavy atom. The Balaban J connectivity index is 2.03. The highest BCUT2D eigenvalue weighted by atomic mass is 79.9. The Morgan fingerprint density at radius 1 is 1.00 bits per heavy atom. The molecule has 22 heavy (non-hydrogen) atoms. The Kier molecular flexibility index (Phi) is 4.71. The fraction of sp³-hybridized carbons (Fsp3) is 0.167. The van der Waals surface area contributed by atoms with Gasteiger partial charge in [-0.1, -0.05) is 46.3 Å². The van der Waals surface area contributed by atoms with E-state index < -0.39 is 0 Å². The van der Waals surface area contributed by atoms with Gasteiger partial charge >= 0.3 is 0 Å². The predicted molar refractivity (Wildman–Crippen MR) is 94.1 cm³/mol. The summed E-state index contributed by atoms with van der Waals surface area (Å²) in [5.74, 6) is 0. The van der Waals surface area contributed by atoms with Crippen molar-refractivity contribution in [3.8, 4) is 16.9 Å². The number of hydrogen-bond acceptors (Lipinski definition) is 2. The lowest BCUT2D eigenvalue weighted by molar-refractivity contribution is 0.831. The van der Waals surface area contributed by atoms with E-state index in [4.69, 9.17) is 10.8 Å². The van der Waals surface area contributed by atoms with Crippen LogP contribution in [0.4, 0.5) is 0 Å². The van der Waals surface area contributed by atoms with E-state index in [0.29, 0.717) is 6.54 Å². The van der Waals surface area contributed by atoms with Crippen molar-refractivity contribution in [2.24, 2.45) is 5.73 Å². The molecule has 3 aromatic rings. The van der Waals surface area contributed by atoms with Gasteiger partial charge in [-0.05, 0) is 49.2 Å². The highest BCUT2D eigenvalue weighted by Gasteiger charge is 2.11. The molecule has 2 N–H and O–H groups in total. The third-order valence-electron chi connectivity index (χ3n) is 3.58. The predicted octanol–water partition coefficient (Wildman–Crippen LogP) is 4.19. The normalized spacial score (nSPS) is 10.8. The second-order valence-electron chi connectivity index (χ2n) is 5.18. The molecule has 0 aliphatic carbocycles. The van der Waals surface area contributed by atoms with E-state index in [-0.39, 0.29) is 0 Å². The van der Waals surface area contributed by atoms with E-state index in [2.05, 4.69) is 46.4 Å². The van der Waals surface area contributed by atoms with E-state index in [1.165, 1.54) is 5.56 Å². The number of benzene rings is 2. The monoisotopic (exact) mass is 355 g/mol. The lowest BCUT2D eigenvalue weighted by Gasteiger charge is -2.02. The summed E-state index contributed by atoms with van der Waals surface area (Å²) in [7, 11) is 0. The van der Waals surface area contributed by atoms with Crippen molar-refractivity contribution in [2.75, 3.05) is 6.54 Å². The van der Waals surface area contributed by atoms with E-state index in [9.17, 15) is 0 Å². The van der Waals surface area contributed by atoms with E-state index in [1.54, 1.807) is 0 Å². The first-order chi connectivity index (χ1) is 10.8. The van der Waals surface area contributed by atoms with Crippen LogP contribution >= 0.6 is 15.9 Å². The second-order valence-corrected chi connectivity index (χ2v) is 6.10. The molecule has 2 aromatic carbocycles. The molecule has 0 bridgehead atoms.